The Morgan fingerprint density at radius 3 is 2.86 bits per heavy atom. The lowest BCUT2D eigenvalue weighted by molar-refractivity contribution is 0.0241. The number of carbonyl (C=O) groups excluding carboxylic acids is 1. The third-order valence-corrected chi connectivity index (χ3v) is 5.09. The van der Waals surface area contributed by atoms with Gasteiger partial charge in [-0.2, -0.15) is 0 Å². The van der Waals surface area contributed by atoms with E-state index in [0.717, 1.165) is 12.8 Å². The van der Waals surface area contributed by atoms with E-state index >= 15 is 0 Å². The van der Waals surface area contributed by atoms with Gasteiger partial charge in [0.05, 0.1) is 16.6 Å². The molecule has 2 unspecified atom stereocenters. The minimum Gasteiger partial charge on any atom is -0.444 e. The molecule has 1 saturated heterocycles. The number of amides is 1. The zero-order valence-electron chi connectivity index (χ0n) is 13.0. The summed E-state index contributed by atoms with van der Waals surface area (Å²) in [5, 5.41) is 0.533. The highest BCUT2D eigenvalue weighted by atomic mass is 79.9. The predicted octanol–water partition coefficient (Wildman–Crippen LogP) is 3.35. The van der Waals surface area contributed by atoms with Crippen molar-refractivity contribution in [2.75, 3.05) is 12.3 Å². The summed E-state index contributed by atoms with van der Waals surface area (Å²) in [5.41, 5.74) is -0.519. The number of hydrogen-bond acceptors (Lipinski definition) is 4. The molecule has 1 amide bonds. The van der Waals surface area contributed by atoms with E-state index in [4.69, 9.17) is 4.74 Å². The average Bonchev–Trinajstić information content (AvgIpc) is 2.85. The Hall–Kier alpha value is -0.950. The molecular formula is C15H21BrN2O3S. The maximum atomic E-state index is 12.5. The van der Waals surface area contributed by atoms with Crippen molar-refractivity contribution >= 4 is 32.8 Å². The van der Waals surface area contributed by atoms with E-state index in [2.05, 4.69) is 20.9 Å². The van der Waals surface area contributed by atoms with Gasteiger partial charge in [-0.25, -0.2) is 9.78 Å². The third kappa shape index (κ3) is 4.78. The Kier molecular flexibility index (Phi) is 5.60. The Labute approximate surface area is 142 Å². The quantitative estimate of drug-likeness (QED) is 0.744. The van der Waals surface area contributed by atoms with Gasteiger partial charge in [0.2, 0.25) is 0 Å². The van der Waals surface area contributed by atoms with Gasteiger partial charge >= 0.3 is 6.09 Å². The van der Waals surface area contributed by atoms with Crippen molar-refractivity contribution in [3.8, 4) is 0 Å². The van der Waals surface area contributed by atoms with Crippen molar-refractivity contribution in [3.63, 3.8) is 0 Å². The van der Waals surface area contributed by atoms with E-state index < -0.39 is 16.4 Å². The van der Waals surface area contributed by atoms with Crippen molar-refractivity contribution in [2.24, 2.45) is 0 Å². The zero-order chi connectivity index (χ0) is 16.3. The maximum Gasteiger partial charge on any atom is 0.410 e. The number of aromatic nitrogens is 1. The lowest BCUT2D eigenvalue weighted by Gasteiger charge is -2.28. The van der Waals surface area contributed by atoms with Gasteiger partial charge in [0.25, 0.3) is 0 Å². The molecule has 2 rings (SSSR count). The van der Waals surface area contributed by atoms with Crippen LogP contribution < -0.4 is 0 Å². The highest BCUT2D eigenvalue weighted by Crippen LogP contribution is 2.23. The summed E-state index contributed by atoms with van der Waals surface area (Å²) in [6, 6.07) is 5.29. The Bertz CT molecular complexity index is 574. The van der Waals surface area contributed by atoms with Crippen LogP contribution in [0.4, 0.5) is 4.79 Å². The molecule has 0 aromatic carbocycles. The summed E-state index contributed by atoms with van der Waals surface area (Å²) >= 11 is 3.28. The standard InChI is InChI=1S/C15H21BrN2O3S/c1-15(2,3)21-14(19)18-9-5-6-11(18)10-22(20)13-8-4-7-12(16)17-13/h4,7-8,11H,5-6,9-10H2,1-3H3. The number of nitrogens with zero attached hydrogens (tertiary/aromatic N) is 2. The molecule has 0 N–H and O–H groups in total. The average molecular weight is 389 g/mol. The lowest BCUT2D eigenvalue weighted by atomic mass is 10.2. The highest BCUT2D eigenvalue weighted by molar-refractivity contribution is 9.10. The molecule has 7 heteroatoms. The van der Waals surface area contributed by atoms with Crippen LogP contribution in [-0.2, 0) is 15.5 Å². The second-order valence-electron chi connectivity index (χ2n) is 6.28. The maximum absolute atomic E-state index is 12.5. The molecule has 0 aliphatic carbocycles. The first-order valence-corrected chi connectivity index (χ1v) is 9.38. The fourth-order valence-corrected chi connectivity index (χ4v) is 4.10. The van der Waals surface area contributed by atoms with Crippen LogP contribution in [0.25, 0.3) is 0 Å². The molecule has 1 aliphatic heterocycles. The summed E-state index contributed by atoms with van der Waals surface area (Å²) in [4.78, 5) is 18.1. The molecule has 5 nitrogen and oxygen atoms in total. The summed E-state index contributed by atoms with van der Waals surface area (Å²) in [6.45, 7) is 6.20. The number of halogens is 1. The van der Waals surface area contributed by atoms with Crippen LogP contribution in [0.5, 0.6) is 0 Å². The zero-order valence-corrected chi connectivity index (χ0v) is 15.4. The topological polar surface area (TPSA) is 59.5 Å². The minimum absolute atomic E-state index is 0.0588. The minimum atomic E-state index is -1.23. The second kappa shape index (κ2) is 7.08. The van der Waals surface area contributed by atoms with Crippen LogP contribution in [0.1, 0.15) is 33.6 Å². The third-order valence-electron chi connectivity index (χ3n) is 3.27. The number of hydrogen-bond donors (Lipinski definition) is 0. The van der Waals surface area contributed by atoms with Crippen LogP contribution in [0.15, 0.2) is 27.8 Å². The fraction of sp³-hybridized carbons (Fsp3) is 0.600. The van der Waals surface area contributed by atoms with Crippen LogP contribution in [0.2, 0.25) is 0 Å². The molecule has 22 heavy (non-hydrogen) atoms. The largest absolute Gasteiger partial charge is 0.444 e. The van der Waals surface area contributed by atoms with Crippen molar-refractivity contribution < 1.29 is 13.7 Å². The molecule has 1 aliphatic rings. The molecule has 1 fully saturated rings. The van der Waals surface area contributed by atoms with Crippen LogP contribution >= 0.6 is 15.9 Å². The van der Waals surface area contributed by atoms with Crippen molar-refractivity contribution in [3.05, 3.63) is 22.8 Å². The van der Waals surface area contributed by atoms with E-state index in [1.165, 1.54) is 0 Å². The molecule has 2 atom stereocenters. The summed E-state index contributed by atoms with van der Waals surface area (Å²) in [7, 11) is -1.23. The number of likely N-dealkylation sites (tertiary alicyclic amines) is 1. The van der Waals surface area contributed by atoms with Gasteiger partial charge in [-0.15, -0.1) is 0 Å². The number of ether oxygens (including phenoxy) is 1. The molecule has 0 saturated carbocycles. The van der Waals surface area contributed by atoms with Gasteiger partial charge in [0.15, 0.2) is 0 Å². The molecule has 0 spiro atoms. The van der Waals surface area contributed by atoms with Crippen LogP contribution in [0.3, 0.4) is 0 Å². The molecule has 122 valence electrons. The fourth-order valence-electron chi connectivity index (χ4n) is 2.35. The molecule has 1 aromatic heterocycles. The van der Waals surface area contributed by atoms with Gasteiger partial charge in [0.1, 0.15) is 15.2 Å². The van der Waals surface area contributed by atoms with Gasteiger partial charge < -0.3 is 9.64 Å². The Balaban J connectivity index is 2.02. The molecule has 2 heterocycles. The van der Waals surface area contributed by atoms with Gasteiger partial charge in [-0.3, -0.25) is 4.21 Å². The van der Waals surface area contributed by atoms with Gasteiger partial charge in [0, 0.05) is 12.6 Å². The second-order valence-corrected chi connectivity index (χ2v) is 8.54. The van der Waals surface area contributed by atoms with Gasteiger partial charge in [-0.1, -0.05) is 6.07 Å². The predicted molar refractivity (Wildman–Crippen MR) is 89.2 cm³/mol. The lowest BCUT2D eigenvalue weighted by Crippen LogP contribution is -2.42. The van der Waals surface area contributed by atoms with E-state index in [1.807, 2.05) is 26.8 Å². The first-order valence-electron chi connectivity index (χ1n) is 7.27. The Morgan fingerprint density at radius 2 is 2.23 bits per heavy atom. The number of carbonyl (C=O) groups is 1. The van der Waals surface area contributed by atoms with E-state index in [0.29, 0.717) is 21.9 Å². The number of rotatable bonds is 3. The Morgan fingerprint density at radius 1 is 1.50 bits per heavy atom. The number of pyridine rings is 1. The normalized spacial score (nSPS) is 20.0. The van der Waals surface area contributed by atoms with Crippen LogP contribution in [-0.4, -0.2) is 44.1 Å². The van der Waals surface area contributed by atoms with E-state index in [1.54, 1.807) is 17.0 Å². The van der Waals surface area contributed by atoms with Crippen LogP contribution in [0, 0.1) is 0 Å². The summed E-state index contributed by atoms with van der Waals surface area (Å²) in [6.07, 6.45) is 1.43. The van der Waals surface area contributed by atoms with Crippen molar-refractivity contribution in [1.82, 2.24) is 9.88 Å². The first-order chi connectivity index (χ1) is 10.3. The molecule has 0 radical (unpaired) electrons. The van der Waals surface area contributed by atoms with E-state index in [9.17, 15) is 9.00 Å². The SMILES string of the molecule is CC(C)(C)OC(=O)N1CCCC1CS(=O)c1cccc(Br)n1. The summed E-state index contributed by atoms with van der Waals surface area (Å²) in [5.74, 6) is 0.392. The van der Waals surface area contributed by atoms with Gasteiger partial charge in [-0.05, 0) is 61.7 Å². The molecule has 1 aromatic rings. The first kappa shape index (κ1) is 17.4. The monoisotopic (exact) mass is 388 g/mol. The summed E-state index contributed by atoms with van der Waals surface area (Å²) < 4.78 is 18.5. The molecule has 0 bridgehead atoms. The van der Waals surface area contributed by atoms with Crippen molar-refractivity contribution in [1.29, 1.82) is 0 Å². The molecular weight excluding hydrogens is 368 g/mol. The smallest absolute Gasteiger partial charge is 0.410 e. The van der Waals surface area contributed by atoms with Crippen molar-refractivity contribution in [2.45, 2.75) is 50.3 Å². The van der Waals surface area contributed by atoms with E-state index in [-0.39, 0.29) is 12.1 Å². The highest BCUT2D eigenvalue weighted by Gasteiger charge is 2.33.